The molecular weight excluding hydrogens is 280 g/mol. The van der Waals surface area contributed by atoms with Crippen LogP contribution in [0.3, 0.4) is 0 Å². The lowest BCUT2D eigenvalue weighted by Crippen LogP contribution is -2.33. The Morgan fingerprint density at radius 1 is 1.14 bits per heavy atom. The lowest BCUT2D eigenvalue weighted by atomic mass is 9.97. The molecular formula is C19H29F2N. The van der Waals surface area contributed by atoms with E-state index < -0.39 is 5.82 Å². The predicted octanol–water partition coefficient (Wildman–Crippen LogP) is 5.50. The number of hydrogen-bond acceptors (Lipinski definition) is 1. The Labute approximate surface area is 133 Å². The topological polar surface area (TPSA) is 3.24 Å². The lowest BCUT2D eigenvalue weighted by Gasteiger charge is -2.28. The highest BCUT2D eigenvalue weighted by Gasteiger charge is 2.29. The molecule has 2 atom stereocenters. The number of likely N-dealkylation sites (tertiary alicyclic amines) is 1. The maximum absolute atomic E-state index is 14.0. The average molecular weight is 309 g/mol. The number of benzene rings is 1. The second-order valence-corrected chi connectivity index (χ2v) is 6.58. The fraction of sp³-hybridized carbons (Fsp3) is 0.684. The summed E-state index contributed by atoms with van der Waals surface area (Å²) in [5, 5.41) is 0. The van der Waals surface area contributed by atoms with Crippen LogP contribution in [0.4, 0.5) is 8.78 Å². The summed E-state index contributed by atoms with van der Waals surface area (Å²) in [6, 6.07) is 4.66. The molecule has 124 valence electrons. The molecule has 0 N–H and O–H groups in total. The number of hydrogen-bond donors (Lipinski definition) is 0. The SMILES string of the molecule is CCCCCC(CCC)N1CCC(c2ccc(F)cc2F)C1. The fourth-order valence-corrected chi connectivity index (χ4v) is 3.68. The smallest absolute Gasteiger partial charge is 0.129 e. The molecule has 2 rings (SSSR count). The zero-order valence-corrected chi connectivity index (χ0v) is 14.0. The van der Waals surface area contributed by atoms with Crippen molar-refractivity contribution in [3.05, 3.63) is 35.4 Å². The van der Waals surface area contributed by atoms with E-state index in [-0.39, 0.29) is 11.7 Å². The summed E-state index contributed by atoms with van der Waals surface area (Å²) in [5.74, 6) is -0.657. The Balaban J connectivity index is 1.97. The van der Waals surface area contributed by atoms with Gasteiger partial charge in [0.15, 0.2) is 0 Å². The molecule has 1 fully saturated rings. The van der Waals surface area contributed by atoms with E-state index in [0.717, 1.165) is 25.6 Å². The van der Waals surface area contributed by atoms with Gasteiger partial charge in [0.05, 0.1) is 0 Å². The third-order valence-corrected chi connectivity index (χ3v) is 4.90. The third kappa shape index (κ3) is 4.52. The predicted molar refractivity (Wildman–Crippen MR) is 88.1 cm³/mol. The van der Waals surface area contributed by atoms with Crippen LogP contribution < -0.4 is 0 Å². The second kappa shape index (κ2) is 8.61. The summed E-state index contributed by atoms with van der Waals surface area (Å²) in [5.41, 5.74) is 0.688. The zero-order chi connectivity index (χ0) is 15.9. The van der Waals surface area contributed by atoms with Crippen LogP contribution in [0.2, 0.25) is 0 Å². The summed E-state index contributed by atoms with van der Waals surface area (Å²) < 4.78 is 27.0. The van der Waals surface area contributed by atoms with Crippen molar-refractivity contribution in [2.75, 3.05) is 13.1 Å². The summed E-state index contributed by atoms with van der Waals surface area (Å²) in [6.45, 7) is 6.43. The Morgan fingerprint density at radius 3 is 2.64 bits per heavy atom. The van der Waals surface area contributed by atoms with Gasteiger partial charge in [-0.1, -0.05) is 45.6 Å². The van der Waals surface area contributed by atoms with Crippen molar-refractivity contribution in [2.24, 2.45) is 0 Å². The van der Waals surface area contributed by atoms with E-state index in [4.69, 9.17) is 0 Å². The van der Waals surface area contributed by atoms with Gasteiger partial charge in [0.2, 0.25) is 0 Å². The van der Waals surface area contributed by atoms with Crippen molar-refractivity contribution in [3.63, 3.8) is 0 Å². The molecule has 1 aromatic rings. The summed E-state index contributed by atoms with van der Waals surface area (Å²) in [4.78, 5) is 2.53. The molecule has 1 aromatic carbocycles. The fourth-order valence-electron chi connectivity index (χ4n) is 3.68. The largest absolute Gasteiger partial charge is 0.300 e. The number of nitrogens with zero attached hydrogens (tertiary/aromatic N) is 1. The first-order chi connectivity index (χ1) is 10.7. The quantitative estimate of drug-likeness (QED) is 0.573. The van der Waals surface area contributed by atoms with Crippen molar-refractivity contribution in [3.8, 4) is 0 Å². The summed E-state index contributed by atoms with van der Waals surface area (Å²) >= 11 is 0. The van der Waals surface area contributed by atoms with Crippen LogP contribution >= 0.6 is 0 Å². The molecule has 0 saturated carbocycles. The molecule has 1 aliphatic heterocycles. The van der Waals surface area contributed by atoms with Crippen molar-refractivity contribution in [2.45, 2.75) is 70.8 Å². The standard InChI is InChI=1S/C19H29F2N/c1-3-5-6-8-17(7-4-2)22-12-11-15(14-22)18-10-9-16(20)13-19(18)21/h9-10,13,15,17H,3-8,11-12,14H2,1-2H3. The van der Waals surface area contributed by atoms with Crippen LogP contribution in [-0.4, -0.2) is 24.0 Å². The molecule has 1 aliphatic rings. The molecule has 1 saturated heterocycles. The highest BCUT2D eigenvalue weighted by molar-refractivity contribution is 5.24. The molecule has 0 spiro atoms. The van der Waals surface area contributed by atoms with E-state index in [9.17, 15) is 8.78 Å². The first-order valence-electron chi connectivity index (χ1n) is 8.84. The first-order valence-corrected chi connectivity index (χ1v) is 8.84. The molecule has 1 heterocycles. The highest BCUT2D eigenvalue weighted by atomic mass is 19.1. The van der Waals surface area contributed by atoms with Crippen LogP contribution in [0.5, 0.6) is 0 Å². The molecule has 3 heteroatoms. The summed E-state index contributed by atoms with van der Waals surface area (Å²) in [7, 11) is 0. The number of halogens is 2. The van der Waals surface area contributed by atoms with Crippen LogP contribution in [-0.2, 0) is 0 Å². The number of rotatable bonds is 8. The minimum atomic E-state index is -0.487. The van der Waals surface area contributed by atoms with E-state index in [1.54, 1.807) is 6.07 Å². The Hall–Kier alpha value is -0.960. The summed E-state index contributed by atoms with van der Waals surface area (Å²) in [6.07, 6.45) is 8.49. The number of unbranched alkanes of at least 4 members (excludes halogenated alkanes) is 2. The van der Waals surface area contributed by atoms with Gasteiger partial charge in [-0.25, -0.2) is 8.78 Å². The first kappa shape index (κ1) is 17.4. The Morgan fingerprint density at radius 2 is 1.95 bits per heavy atom. The molecule has 0 amide bonds. The lowest BCUT2D eigenvalue weighted by molar-refractivity contribution is 0.210. The van der Waals surface area contributed by atoms with E-state index in [1.165, 1.54) is 44.6 Å². The maximum Gasteiger partial charge on any atom is 0.129 e. The Bertz CT molecular complexity index is 461. The van der Waals surface area contributed by atoms with E-state index >= 15 is 0 Å². The molecule has 0 aromatic heterocycles. The second-order valence-electron chi connectivity index (χ2n) is 6.58. The monoisotopic (exact) mass is 309 g/mol. The van der Waals surface area contributed by atoms with Gasteiger partial charge >= 0.3 is 0 Å². The van der Waals surface area contributed by atoms with E-state index in [2.05, 4.69) is 18.7 Å². The van der Waals surface area contributed by atoms with Crippen LogP contribution in [0.15, 0.2) is 18.2 Å². The molecule has 1 nitrogen and oxygen atoms in total. The van der Waals surface area contributed by atoms with Crippen molar-refractivity contribution >= 4 is 0 Å². The van der Waals surface area contributed by atoms with Gasteiger partial charge in [0, 0.05) is 24.6 Å². The average Bonchev–Trinajstić information content (AvgIpc) is 2.96. The van der Waals surface area contributed by atoms with Gasteiger partial charge < -0.3 is 0 Å². The van der Waals surface area contributed by atoms with Crippen molar-refractivity contribution in [1.82, 2.24) is 4.90 Å². The van der Waals surface area contributed by atoms with Crippen molar-refractivity contribution < 1.29 is 8.78 Å². The van der Waals surface area contributed by atoms with Gasteiger partial charge in [0.1, 0.15) is 11.6 Å². The van der Waals surface area contributed by atoms with Crippen molar-refractivity contribution in [1.29, 1.82) is 0 Å². The van der Waals surface area contributed by atoms with Gasteiger partial charge in [-0.3, -0.25) is 4.90 Å². The third-order valence-electron chi connectivity index (χ3n) is 4.90. The molecule has 0 radical (unpaired) electrons. The van der Waals surface area contributed by atoms with Gasteiger partial charge in [-0.15, -0.1) is 0 Å². The Kier molecular flexibility index (Phi) is 6.81. The minimum absolute atomic E-state index is 0.214. The van der Waals surface area contributed by atoms with Gasteiger partial charge in [-0.2, -0.15) is 0 Å². The molecule has 0 aliphatic carbocycles. The molecule has 2 unspecified atom stereocenters. The highest BCUT2D eigenvalue weighted by Crippen LogP contribution is 2.32. The molecule has 0 bridgehead atoms. The maximum atomic E-state index is 14.0. The normalized spacial score (nSPS) is 20.5. The van der Waals surface area contributed by atoms with Crippen LogP contribution in [0.25, 0.3) is 0 Å². The van der Waals surface area contributed by atoms with Crippen LogP contribution in [0, 0.1) is 11.6 Å². The van der Waals surface area contributed by atoms with E-state index in [1.807, 2.05) is 0 Å². The van der Waals surface area contributed by atoms with Crippen LogP contribution in [0.1, 0.15) is 70.3 Å². The molecule has 22 heavy (non-hydrogen) atoms. The minimum Gasteiger partial charge on any atom is -0.300 e. The van der Waals surface area contributed by atoms with Gasteiger partial charge in [0.25, 0.3) is 0 Å². The van der Waals surface area contributed by atoms with Gasteiger partial charge in [-0.05, 0) is 37.4 Å². The zero-order valence-electron chi connectivity index (χ0n) is 14.0. The van der Waals surface area contributed by atoms with E-state index in [0.29, 0.717) is 11.6 Å².